The van der Waals surface area contributed by atoms with Gasteiger partial charge < -0.3 is 15.5 Å². The number of hydrogen-bond donors (Lipinski definition) is 4. The lowest BCUT2D eigenvalue weighted by Crippen LogP contribution is -2.53. The number of alkyl halides is 1. The molecule has 1 fully saturated rings. The van der Waals surface area contributed by atoms with Crippen LogP contribution in [-0.2, 0) is 0 Å². The number of amides is 2. The van der Waals surface area contributed by atoms with Crippen LogP contribution >= 0.6 is 11.8 Å². The number of thioether (sulfide) groups is 1. The molecule has 9 heteroatoms. The maximum absolute atomic E-state index is 13.9. The van der Waals surface area contributed by atoms with Crippen LogP contribution in [0.3, 0.4) is 0 Å². The molecule has 1 aromatic rings. The van der Waals surface area contributed by atoms with Crippen molar-refractivity contribution in [2.75, 3.05) is 27.2 Å². The number of piperidine rings is 1. The molecule has 1 saturated heterocycles. The zero-order chi connectivity index (χ0) is 23.7. The lowest BCUT2D eigenvalue weighted by molar-refractivity contribution is 0.130. The third-order valence-corrected chi connectivity index (χ3v) is 5.43. The van der Waals surface area contributed by atoms with Gasteiger partial charge in [0, 0.05) is 33.7 Å². The summed E-state index contributed by atoms with van der Waals surface area (Å²) in [6.07, 6.45) is 1.04. The second-order valence-corrected chi connectivity index (χ2v) is 8.55. The van der Waals surface area contributed by atoms with Crippen LogP contribution in [0.15, 0.2) is 24.0 Å². The molecule has 31 heavy (non-hydrogen) atoms. The van der Waals surface area contributed by atoms with Gasteiger partial charge >= 0.3 is 6.03 Å². The van der Waals surface area contributed by atoms with E-state index in [-0.39, 0.29) is 14.0 Å². The van der Waals surface area contributed by atoms with E-state index in [1.165, 1.54) is 4.90 Å². The molecule has 0 bridgehead atoms. The molecule has 5 N–H and O–H groups in total. The first kappa shape index (κ1) is 26.6. The summed E-state index contributed by atoms with van der Waals surface area (Å²) in [4.78, 5) is 15.8. The summed E-state index contributed by atoms with van der Waals surface area (Å²) >= 11 is 1.09. The highest BCUT2D eigenvalue weighted by Crippen LogP contribution is 2.20. The Morgan fingerprint density at radius 1 is 1.39 bits per heavy atom. The average molecular weight is 453 g/mol. The molecule has 0 aliphatic carbocycles. The van der Waals surface area contributed by atoms with Crippen LogP contribution in [0.5, 0.6) is 0 Å². The number of urea groups is 1. The number of nitrogens with zero attached hydrogens (tertiary/aromatic N) is 2. The van der Waals surface area contributed by atoms with Gasteiger partial charge in [0.25, 0.3) is 0 Å². The maximum atomic E-state index is 13.9. The van der Waals surface area contributed by atoms with E-state index >= 15 is 0 Å². The third kappa shape index (κ3) is 7.99. The topological polar surface area (TPSA) is 109 Å². The van der Waals surface area contributed by atoms with Crippen molar-refractivity contribution in [2.45, 2.75) is 46.3 Å². The van der Waals surface area contributed by atoms with Crippen LogP contribution in [0.4, 0.5) is 9.18 Å². The van der Waals surface area contributed by atoms with Crippen LogP contribution in [0, 0.1) is 17.7 Å². The van der Waals surface area contributed by atoms with Crippen LogP contribution < -0.4 is 11.1 Å². The number of carbonyl (C=O) groups is 1. The second-order valence-electron chi connectivity index (χ2n) is 7.33. The number of benzene rings is 1. The molecule has 7 nitrogen and oxygen atoms in total. The fourth-order valence-corrected chi connectivity index (χ4v) is 3.42. The molecule has 1 aliphatic rings. The van der Waals surface area contributed by atoms with Crippen LogP contribution in [-0.4, -0.2) is 65.3 Å². The zero-order valence-corrected chi connectivity index (χ0v) is 20.1. The van der Waals surface area contributed by atoms with Crippen molar-refractivity contribution in [3.8, 4) is 0 Å². The Balaban J connectivity index is 0.00000311. The molecule has 0 aromatic heterocycles. The molecule has 1 aromatic carbocycles. The Hall–Kier alpha value is -2.39. The van der Waals surface area contributed by atoms with Gasteiger partial charge in [-0.3, -0.25) is 16.1 Å². The maximum Gasteiger partial charge on any atom is 0.323 e. The second kappa shape index (κ2) is 12.5. The van der Waals surface area contributed by atoms with Gasteiger partial charge in [-0.1, -0.05) is 37.7 Å². The van der Waals surface area contributed by atoms with E-state index in [1.54, 1.807) is 11.8 Å². The summed E-state index contributed by atoms with van der Waals surface area (Å²) in [7, 11) is 3.62. The first-order valence-electron chi connectivity index (χ1n) is 10.4. The standard InChI is InChI=1S/C20H29FN6OS.C2H6.H2/c1-12-5-6-14(19(24)29-13(2)22)9-15(12)10-18(26(3)4)25-20(28)27-8-7-17(23)16(21)11-27;1-2;/h5-6,9-10,16-17,22,24H,7-8,11,23H2,1-4H3,(H,25,28);1-2H3;1H/b18-10-,22-13?,24-19?;;/t16-,17-;;/m0../s1. The molecule has 1 heterocycles. The monoisotopic (exact) mass is 452 g/mol. The highest BCUT2D eigenvalue weighted by molar-refractivity contribution is 8.26. The quantitative estimate of drug-likeness (QED) is 0.404. The molecule has 0 spiro atoms. The summed E-state index contributed by atoms with van der Waals surface area (Å²) < 4.78 is 13.9. The van der Waals surface area contributed by atoms with Crippen molar-refractivity contribution in [3.63, 3.8) is 0 Å². The Morgan fingerprint density at radius 3 is 2.58 bits per heavy atom. The SMILES string of the molecule is CC.CC(=N)SC(=N)c1ccc(C)c(/C=C(/NC(=O)N2CC[C@H](N)[C@@H](F)C2)N(C)C)c1.[HH]. The van der Waals surface area contributed by atoms with Gasteiger partial charge in [-0.15, -0.1) is 0 Å². The van der Waals surface area contributed by atoms with Crippen molar-refractivity contribution < 1.29 is 10.6 Å². The molecule has 2 atom stereocenters. The van der Waals surface area contributed by atoms with Gasteiger partial charge in [0.05, 0.1) is 11.6 Å². The van der Waals surface area contributed by atoms with Crippen molar-refractivity contribution in [1.82, 2.24) is 15.1 Å². The molecule has 0 unspecified atom stereocenters. The summed E-state index contributed by atoms with van der Waals surface area (Å²) in [5.74, 6) is 0.558. The first-order chi connectivity index (χ1) is 14.6. The largest absolute Gasteiger partial charge is 0.364 e. The van der Waals surface area contributed by atoms with Crippen molar-refractivity contribution in [2.24, 2.45) is 5.73 Å². The molecule has 174 valence electrons. The smallest absolute Gasteiger partial charge is 0.323 e. The molecule has 2 amide bonds. The molecular formula is C22H37FN6OS. The number of halogens is 1. The Morgan fingerprint density at radius 2 is 2.03 bits per heavy atom. The molecule has 0 saturated carbocycles. The highest BCUT2D eigenvalue weighted by Gasteiger charge is 2.29. The van der Waals surface area contributed by atoms with Crippen LogP contribution in [0.2, 0.25) is 0 Å². The minimum atomic E-state index is -1.22. The predicted molar refractivity (Wildman–Crippen MR) is 132 cm³/mol. The van der Waals surface area contributed by atoms with Gasteiger partial charge in [0.2, 0.25) is 0 Å². The number of likely N-dealkylation sites (tertiary alicyclic amines) is 1. The van der Waals surface area contributed by atoms with E-state index in [9.17, 15) is 9.18 Å². The minimum Gasteiger partial charge on any atom is -0.364 e. The van der Waals surface area contributed by atoms with E-state index in [1.807, 2.05) is 59.1 Å². The molecule has 0 radical (unpaired) electrons. The van der Waals surface area contributed by atoms with Crippen LogP contribution in [0.1, 0.15) is 45.3 Å². The zero-order valence-electron chi connectivity index (χ0n) is 19.3. The summed E-state index contributed by atoms with van der Waals surface area (Å²) in [6.45, 7) is 7.99. The Kier molecular flexibility index (Phi) is 10.7. The van der Waals surface area contributed by atoms with Gasteiger partial charge in [-0.25, -0.2) is 9.18 Å². The Bertz CT molecular complexity index is 833. The number of hydrogen-bond acceptors (Lipinski definition) is 6. The fraction of sp³-hybridized carbons (Fsp3) is 0.500. The summed E-state index contributed by atoms with van der Waals surface area (Å²) in [5, 5.41) is 19.2. The number of nitrogens with one attached hydrogen (secondary N) is 3. The fourth-order valence-electron chi connectivity index (χ4n) is 2.87. The highest BCUT2D eigenvalue weighted by atomic mass is 32.2. The average Bonchev–Trinajstić information content (AvgIpc) is 2.71. The van der Waals surface area contributed by atoms with Gasteiger partial charge in [0.1, 0.15) is 17.0 Å². The number of aryl methyl sites for hydroxylation is 1. The molecular weight excluding hydrogens is 415 g/mol. The number of rotatable bonds is 4. The predicted octanol–water partition coefficient (Wildman–Crippen LogP) is 4.26. The third-order valence-electron chi connectivity index (χ3n) is 4.68. The van der Waals surface area contributed by atoms with E-state index < -0.39 is 12.2 Å². The van der Waals surface area contributed by atoms with Gasteiger partial charge in [-0.2, -0.15) is 0 Å². The van der Waals surface area contributed by atoms with Gasteiger partial charge in [-0.05, 0) is 43.5 Å². The minimum absolute atomic E-state index is 0. The normalized spacial score (nSPS) is 18.6. The van der Waals surface area contributed by atoms with E-state index in [4.69, 9.17) is 16.6 Å². The Labute approximate surface area is 190 Å². The number of nitrogens with two attached hydrogens (primary N) is 1. The molecule has 2 rings (SSSR count). The lowest BCUT2D eigenvalue weighted by Gasteiger charge is -2.33. The van der Waals surface area contributed by atoms with Crippen molar-refractivity contribution >= 4 is 34.0 Å². The molecule has 1 aliphatic heterocycles. The van der Waals surface area contributed by atoms with E-state index in [0.717, 1.165) is 22.9 Å². The van der Waals surface area contributed by atoms with Crippen LogP contribution in [0.25, 0.3) is 6.08 Å². The van der Waals surface area contributed by atoms with Crippen molar-refractivity contribution in [1.29, 1.82) is 10.8 Å². The van der Waals surface area contributed by atoms with E-state index in [2.05, 4.69) is 5.32 Å². The van der Waals surface area contributed by atoms with E-state index in [0.29, 0.717) is 34.4 Å². The number of carbonyl (C=O) groups excluding carboxylic acids is 1. The lowest BCUT2D eigenvalue weighted by atomic mass is 10.0. The van der Waals surface area contributed by atoms with Gasteiger partial charge in [0.15, 0.2) is 0 Å². The van der Waals surface area contributed by atoms with Crippen molar-refractivity contribution in [3.05, 3.63) is 40.7 Å². The summed E-state index contributed by atoms with van der Waals surface area (Å²) in [6, 6.07) is 4.73. The first-order valence-corrected chi connectivity index (χ1v) is 11.2. The summed E-state index contributed by atoms with van der Waals surface area (Å²) in [5.41, 5.74) is 8.23.